The summed E-state index contributed by atoms with van der Waals surface area (Å²) in [5, 5.41) is 3.07. The van der Waals surface area contributed by atoms with Gasteiger partial charge in [0.15, 0.2) is 0 Å². The topological polar surface area (TPSA) is 100 Å². The molecule has 2 aliphatic rings. The highest BCUT2D eigenvalue weighted by atomic mass is 19.1. The predicted octanol–water partition coefficient (Wildman–Crippen LogP) is 3.77. The summed E-state index contributed by atoms with van der Waals surface area (Å²) in [6.45, 7) is 8.66. The van der Waals surface area contributed by atoms with Gasteiger partial charge in [-0.25, -0.2) is 14.4 Å². The minimum absolute atomic E-state index is 0.00542. The molecule has 184 valence electrons. The zero-order valence-electron chi connectivity index (χ0n) is 20.4. The molecule has 0 unspecified atom stereocenters. The van der Waals surface area contributed by atoms with Crippen LogP contribution in [0.25, 0.3) is 22.3 Å². The van der Waals surface area contributed by atoms with Crippen molar-refractivity contribution in [3.8, 4) is 17.0 Å². The van der Waals surface area contributed by atoms with Crippen molar-refractivity contribution in [1.29, 1.82) is 0 Å². The number of H-pyrrole nitrogens is 1. The van der Waals surface area contributed by atoms with E-state index in [1.807, 2.05) is 6.92 Å². The molecule has 2 atom stereocenters. The van der Waals surface area contributed by atoms with E-state index in [9.17, 15) is 9.59 Å². The van der Waals surface area contributed by atoms with E-state index in [-0.39, 0.29) is 29.3 Å². The van der Waals surface area contributed by atoms with Crippen LogP contribution in [0, 0.1) is 31.5 Å². The number of aryl methyl sites for hydroxylation is 2. The van der Waals surface area contributed by atoms with Crippen molar-refractivity contribution in [2.45, 2.75) is 46.6 Å². The van der Waals surface area contributed by atoms with Crippen LogP contribution >= 0.6 is 0 Å². The van der Waals surface area contributed by atoms with Crippen molar-refractivity contribution in [3.63, 3.8) is 0 Å². The SMILES string of the molecule is CC(=O)N1C[C@H](C)[C@H](NC(=O)c2c(C)[nH]c3c(-c4c(OCC5CC5)ccc(C)c4F)ncnc23)C1. The molecule has 5 rings (SSSR count). The largest absolute Gasteiger partial charge is 0.492 e. The van der Waals surface area contributed by atoms with Crippen molar-refractivity contribution in [1.82, 2.24) is 25.2 Å². The van der Waals surface area contributed by atoms with Gasteiger partial charge in [-0.1, -0.05) is 13.0 Å². The van der Waals surface area contributed by atoms with Gasteiger partial charge in [-0.2, -0.15) is 0 Å². The summed E-state index contributed by atoms with van der Waals surface area (Å²) in [5.41, 5.74) is 3.03. The number of ether oxygens (including phenoxy) is 1. The number of fused-ring (bicyclic) bond motifs is 1. The molecule has 8 nitrogen and oxygen atoms in total. The number of hydrogen-bond donors (Lipinski definition) is 2. The van der Waals surface area contributed by atoms with Gasteiger partial charge in [0.25, 0.3) is 5.91 Å². The molecule has 2 amide bonds. The first-order valence-electron chi connectivity index (χ1n) is 12.1. The third kappa shape index (κ3) is 4.35. The first kappa shape index (κ1) is 23.3. The van der Waals surface area contributed by atoms with E-state index in [1.54, 1.807) is 30.9 Å². The number of nitrogens with zero attached hydrogens (tertiary/aromatic N) is 3. The van der Waals surface area contributed by atoms with E-state index in [0.29, 0.717) is 64.9 Å². The molecule has 3 heterocycles. The van der Waals surface area contributed by atoms with Crippen LogP contribution in [0.3, 0.4) is 0 Å². The molecule has 1 aliphatic heterocycles. The van der Waals surface area contributed by atoms with Gasteiger partial charge in [0.1, 0.15) is 29.1 Å². The first-order valence-corrected chi connectivity index (χ1v) is 12.1. The predicted molar refractivity (Wildman–Crippen MR) is 130 cm³/mol. The number of amides is 2. The summed E-state index contributed by atoms with van der Waals surface area (Å²) in [6.07, 6.45) is 3.60. The fourth-order valence-corrected chi connectivity index (χ4v) is 4.74. The molecule has 2 fully saturated rings. The molecule has 3 aromatic rings. The number of carbonyl (C=O) groups excluding carboxylic acids is 2. The number of hydrogen-bond acceptors (Lipinski definition) is 5. The monoisotopic (exact) mass is 479 g/mol. The normalized spacial score (nSPS) is 19.9. The number of aromatic nitrogens is 3. The summed E-state index contributed by atoms with van der Waals surface area (Å²) < 4.78 is 21.4. The molecule has 1 saturated carbocycles. The van der Waals surface area contributed by atoms with Gasteiger partial charge >= 0.3 is 0 Å². The van der Waals surface area contributed by atoms with Crippen LogP contribution in [0.1, 0.15) is 48.3 Å². The maximum absolute atomic E-state index is 15.4. The summed E-state index contributed by atoms with van der Waals surface area (Å²) in [4.78, 5) is 38.9. The van der Waals surface area contributed by atoms with E-state index >= 15 is 4.39 Å². The minimum Gasteiger partial charge on any atom is -0.492 e. The smallest absolute Gasteiger partial charge is 0.255 e. The van der Waals surface area contributed by atoms with Crippen LogP contribution in [0.15, 0.2) is 18.5 Å². The Hall–Kier alpha value is -3.49. The highest BCUT2D eigenvalue weighted by Gasteiger charge is 2.33. The summed E-state index contributed by atoms with van der Waals surface area (Å²) in [7, 11) is 0. The first-order chi connectivity index (χ1) is 16.7. The van der Waals surface area contributed by atoms with Gasteiger partial charge in [-0.3, -0.25) is 9.59 Å². The van der Waals surface area contributed by atoms with Crippen LogP contribution in [0.2, 0.25) is 0 Å². The molecule has 1 saturated heterocycles. The van der Waals surface area contributed by atoms with Gasteiger partial charge in [-0.15, -0.1) is 0 Å². The van der Waals surface area contributed by atoms with E-state index in [0.717, 1.165) is 12.8 Å². The molecule has 9 heteroatoms. The van der Waals surface area contributed by atoms with Crippen molar-refractivity contribution in [2.24, 2.45) is 11.8 Å². The average molecular weight is 480 g/mol. The zero-order valence-corrected chi connectivity index (χ0v) is 20.4. The second-order valence-electron chi connectivity index (χ2n) is 9.88. The van der Waals surface area contributed by atoms with E-state index < -0.39 is 5.82 Å². The lowest BCUT2D eigenvalue weighted by Crippen LogP contribution is -2.40. The number of benzene rings is 1. The lowest BCUT2D eigenvalue weighted by Gasteiger charge is -2.16. The summed E-state index contributed by atoms with van der Waals surface area (Å²) >= 11 is 0. The number of aromatic amines is 1. The average Bonchev–Trinajstić information content (AvgIpc) is 3.48. The molecule has 0 bridgehead atoms. The Labute approximate surface area is 203 Å². The van der Waals surface area contributed by atoms with Crippen molar-refractivity contribution in [2.75, 3.05) is 19.7 Å². The molecule has 2 N–H and O–H groups in total. The standard InChI is InChI=1S/C26H30FN5O3/c1-13-5-8-19(35-11-17-6-7-17)21(22(13)27)24-25-23(28-12-29-24)20(15(3)30-25)26(34)31-18-10-32(16(4)33)9-14(18)2/h5,8,12,14,17-18,30H,6-7,9-11H2,1-4H3,(H,31,34)/t14-,18+/m0/s1. The maximum atomic E-state index is 15.4. The Morgan fingerprint density at radius 3 is 2.69 bits per heavy atom. The summed E-state index contributed by atoms with van der Waals surface area (Å²) in [6, 6.07) is 3.31. The third-order valence-corrected chi connectivity index (χ3v) is 7.08. The van der Waals surface area contributed by atoms with Crippen LogP contribution in [0.4, 0.5) is 4.39 Å². The maximum Gasteiger partial charge on any atom is 0.255 e. The van der Waals surface area contributed by atoms with Gasteiger partial charge in [0.05, 0.1) is 29.3 Å². The van der Waals surface area contributed by atoms with Crippen LogP contribution < -0.4 is 10.1 Å². The van der Waals surface area contributed by atoms with Crippen LogP contribution in [-0.4, -0.2) is 57.4 Å². The van der Waals surface area contributed by atoms with Crippen molar-refractivity contribution >= 4 is 22.8 Å². The second kappa shape index (κ2) is 8.94. The number of nitrogens with one attached hydrogen (secondary N) is 2. The molecule has 0 spiro atoms. The Morgan fingerprint density at radius 1 is 1.23 bits per heavy atom. The minimum atomic E-state index is -0.402. The van der Waals surface area contributed by atoms with Gasteiger partial charge in [0.2, 0.25) is 5.91 Å². The third-order valence-electron chi connectivity index (χ3n) is 7.08. The van der Waals surface area contributed by atoms with Crippen LogP contribution in [-0.2, 0) is 4.79 Å². The number of likely N-dealkylation sites (tertiary alicyclic amines) is 1. The lowest BCUT2D eigenvalue weighted by atomic mass is 10.0. The molecular formula is C26H30FN5O3. The highest BCUT2D eigenvalue weighted by molar-refractivity contribution is 6.09. The summed E-state index contributed by atoms with van der Waals surface area (Å²) in [5.74, 6) is 0.386. The van der Waals surface area contributed by atoms with Crippen molar-refractivity contribution in [3.05, 3.63) is 41.1 Å². The highest BCUT2D eigenvalue weighted by Crippen LogP contribution is 2.39. The number of carbonyl (C=O) groups is 2. The molecule has 1 aromatic carbocycles. The van der Waals surface area contributed by atoms with Gasteiger partial charge in [-0.05, 0) is 50.2 Å². The Morgan fingerprint density at radius 2 is 2.00 bits per heavy atom. The molecule has 1 aliphatic carbocycles. The van der Waals surface area contributed by atoms with Crippen LogP contribution in [0.5, 0.6) is 5.75 Å². The van der Waals surface area contributed by atoms with E-state index in [1.165, 1.54) is 13.3 Å². The molecular weight excluding hydrogens is 449 g/mol. The molecule has 0 radical (unpaired) electrons. The van der Waals surface area contributed by atoms with Crippen molar-refractivity contribution < 1.29 is 18.7 Å². The van der Waals surface area contributed by atoms with Gasteiger partial charge in [0, 0.05) is 25.7 Å². The zero-order chi connectivity index (χ0) is 24.9. The van der Waals surface area contributed by atoms with E-state index in [4.69, 9.17) is 4.74 Å². The second-order valence-corrected chi connectivity index (χ2v) is 9.88. The van der Waals surface area contributed by atoms with E-state index in [2.05, 4.69) is 20.3 Å². The Kier molecular flexibility index (Phi) is 5.94. The fraction of sp³-hybridized carbons (Fsp3) is 0.462. The fourth-order valence-electron chi connectivity index (χ4n) is 4.74. The quantitative estimate of drug-likeness (QED) is 0.561. The lowest BCUT2D eigenvalue weighted by molar-refractivity contribution is -0.127. The number of rotatable bonds is 6. The Bertz CT molecular complexity index is 1320. The molecule has 2 aromatic heterocycles. The number of halogens is 1. The Balaban J connectivity index is 1.51. The molecule has 35 heavy (non-hydrogen) atoms. The van der Waals surface area contributed by atoms with Gasteiger partial charge < -0.3 is 19.9 Å².